The second kappa shape index (κ2) is 10.4. The molecule has 2 N–H and O–H groups in total. The number of hydrogen-bond acceptors (Lipinski definition) is 6. The smallest absolute Gasteiger partial charge is 0.312 e. The first-order chi connectivity index (χ1) is 15.0. The molecular weight excluding hydrogens is 434 g/mol. The maximum absolute atomic E-state index is 12.5. The van der Waals surface area contributed by atoms with Crippen molar-refractivity contribution >= 4 is 57.5 Å². The number of nitrogen functional groups attached to an aromatic ring is 1. The summed E-state index contributed by atoms with van der Waals surface area (Å²) >= 11 is 7.37. The van der Waals surface area contributed by atoms with Crippen molar-refractivity contribution in [2.45, 2.75) is 20.4 Å². The molecule has 0 radical (unpaired) electrons. The summed E-state index contributed by atoms with van der Waals surface area (Å²) in [6.45, 7) is 5.71. The van der Waals surface area contributed by atoms with Crippen LogP contribution in [0.15, 0.2) is 42.7 Å². The third-order valence-corrected chi connectivity index (χ3v) is 5.90. The van der Waals surface area contributed by atoms with Crippen LogP contribution in [0.4, 0.5) is 5.82 Å². The van der Waals surface area contributed by atoms with Gasteiger partial charge >= 0.3 is 11.8 Å². The molecule has 0 aliphatic carbocycles. The summed E-state index contributed by atoms with van der Waals surface area (Å²) in [5, 5.41) is 0.766. The molecular formula is C22H24ClN5O2S. The number of rotatable bonds is 5. The van der Waals surface area contributed by atoms with Crippen LogP contribution in [0.25, 0.3) is 17.0 Å². The number of benzene rings is 1. The Kier molecular flexibility index (Phi) is 7.59. The van der Waals surface area contributed by atoms with E-state index in [-0.39, 0.29) is 0 Å². The van der Waals surface area contributed by atoms with E-state index >= 15 is 0 Å². The molecule has 0 unspecified atom stereocenters. The lowest BCUT2D eigenvalue weighted by molar-refractivity contribution is -0.156. The van der Waals surface area contributed by atoms with E-state index in [9.17, 15) is 9.59 Å². The van der Waals surface area contributed by atoms with Gasteiger partial charge in [0, 0.05) is 36.4 Å². The minimum Gasteiger partial charge on any atom is -0.383 e. The van der Waals surface area contributed by atoms with Crippen LogP contribution < -0.4 is 5.73 Å². The van der Waals surface area contributed by atoms with Gasteiger partial charge in [0.2, 0.25) is 0 Å². The van der Waals surface area contributed by atoms with Gasteiger partial charge in [-0.05, 0) is 35.9 Å². The zero-order chi connectivity index (χ0) is 22.4. The Morgan fingerprint density at radius 3 is 2.58 bits per heavy atom. The number of carbonyl (C=O) groups excluding carboxylic acids is 2. The summed E-state index contributed by atoms with van der Waals surface area (Å²) in [5.41, 5.74) is 7.45. The van der Waals surface area contributed by atoms with E-state index < -0.39 is 11.8 Å². The Morgan fingerprint density at radius 1 is 1.10 bits per heavy atom. The highest BCUT2D eigenvalue weighted by atomic mass is 35.5. The van der Waals surface area contributed by atoms with Crippen LogP contribution in [-0.4, -0.2) is 51.2 Å². The first-order valence-electron chi connectivity index (χ1n) is 10.0. The highest BCUT2D eigenvalue weighted by molar-refractivity contribution is 7.16. The van der Waals surface area contributed by atoms with Gasteiger partial charge in [-0.15, -0.1) is 11.3 Å². The number of anilines is 1. The number of piperazine rings is 1. The van der Waals surface area contributed by atoms with E-state index in [1.165, 1.54) is 17.7 Å². The van der Waals surface area contributed by atoms with E-state index in [2.05, 4.69) is 9.97 Å². The van der Waals surface area contributed by atoms with Crippen molar-refractivity contribution < 1.29 is 9.59 Å². The summed E-state index contributed by atoms with van der Waals surface area (Å²) in [7, 11) is 0. The Morgan fingerprint density at radius 2 is 1.84 bits per heavy atom. The maximum atomic E-state index is 12.5. The molecule has 1 aliphatic rings. The van der Waals surface area contributed by atoms with Crippen LogP contribution in [-0.2, 0) is 16.1 Å². The molecule has 0 saturated carbocycles. The van der Waals surface area contributed by atoms with Crippen LogP contribution in [0.3, 0.4) is 0 Å². The fourth-order valence-electron chi connectivity index (χ4n) is 3.20. The van der Waals surface area contributed by atoms with Gasteiger partial charge in [-0.1, -0.05) is 37.6 Å². The van der Waals surface area contributed by atoms with Crippen molar-refractivity contribution in [2.24, 2.45) is 0 Å². The third-order valence-electron chi connectivity index (χ3n) is 4.70. The van der Waals surface area contributed by atoms with Crippen LogP contribution in [0.2, 0.25) is 4.34 Å². The van der Waals surface area contributed by atoms with Gasteiger partial charge < -0.3 is 15.5 Å². The number of nitrogens with zero attached hydrogens (tertiary/aromatic N) is 4. The SMILES string of the molecule is CC.Nc1ncnc2cc(CN3CCN(C/C=C/c4ccc(Cl)s4)C(=O)C3=O)ccc12. The molecule has 0 atom stereocenters. The number of nitrogens with two attached hydrogens (primary N) is 1. The van der Waals surface area contributed by atoms with Crippen molar-refractivity contribution in [1.29, 1.82) is 0 Å². The molecule has 1 saturated heterocycles. The molecule has 3 aromatic rings. The van der Waals surface area contributed by atoms with E-state index in [0.29, 0.717) is 41.8 Å². The predicted molar refractivity (Wildman–Crippen MR) is 126 cm³/mol. The van der Waals surface area contributed by atoms with Crippen molar-refractivity contribution in [2.75, 3.05) is 25.4 Å². The number of amides is 2. The average molecular weight is 458 g/mol. The lowest BCUT2D eigenvalue weighted by Crippen LogP contribution is -2.53. The largest absolute Gasteiger partial charge is 0.383 e. The van der Waals surface area contributed by atoms with Crippen LogP contribution in [0.1, 0.15) is 24.3 Å². The van der Waals surface area contributed by atoms with Crippen LogP contribution in [0.5, 0.6) is 0 Å². The number of aromatic nitrogens is 2. The molecule has 1 fully saturated rings. The molecule has 162 valence electrons. The molecule has 0 spiro atoms. The molecule has 1 aliphatic heterocycles. The van der Waals surface area contributed by atoms with Crippen LogP contribution in [0, 0.1) is 0 Å². The first-order valence-corrected chi connectivity index (χ1v) is 11.2. The van der Waals surface area contributed by atoms with Crippen molar-refractivity contribution in [1.82, 2.24) is 19.8 Å². The quantitative estimate of drug-likeness (QED) is 0.587. The molecule has 7 nitrogen and oxygen atoms in total. The van der Waals surface area contributed by atoms with Gasteiger partial charge in [0.05, 0.1) is 9.85 Å². The Hall–Kier alpha value is -2.97. The van der Waals surface area contributed by atoms with E-state index in [1.54, 1.807) is 9.80 Å². The van der Waals surface area contributed by atoms with Gasteiger partial charge in [-0.3, -0.25) is 9.59 Å². The second-order valence-electron chi connectivity index (χ2n) is 6.63. The van der Waals surface area contributed by atoms with Gasteiger partial charge in [0.15, 0.2) is 0 Å². The number of carbonyl (C=O) groups is 2. The average Bonchev–Trinajstić information content (AvgIpc) is 3.19. The summed E-state index contributed by atoms with van der Waals surface area (Å²) < 4.78 is 0.715. The van der Waals surface area contributed by atoms with E-state index in [1.807, 2.05) is 56.3 Å². The van der Waals surface area contributed by atoms with Crippen molar-refractivity contribution in [3.05, 3.63) is 57.5 Å². The zero-order valence-corrected chi connectivity index (χ0v) is 19.0. The fraction of sp³-hybridized carbons (Fsp3) is 0.273. The number of hydrogen-bond donors (Lipinski definition) is 1. The molecule has 9 heteroatoms. The molecule has 2 aromatic heterocycles. The second-order valence-corrected chi connectivity index (χ2v) is 8.38. The molecule has 1 aromatic carbocycles. The van der Waals surface area contributed by atoms with E-state index in [0.717, 1.165) is 15.8 Å². The normalized spacial score (nSPS) is 14.3. The standard InChI is InChI=1S/C20H18ClN5O2S.C2H6/c21-17-6-4-14(29-17)2-1-7-25-8-9-26(20(28)19(25)27)11-13-3-5-15-16(10-13)23-12-24-18(15)22;1-2/h1-6,10,12H,7-9,11H2,(H2,22,23,24);1-2H3/b2-1+;. The highest BCUT2D eigenvalue weighted by Gasteiger charge is 2.31. The molecule has 0 bridgehead atoms. The summed E-state index contributed by atoms with van der Waals surface area (Å²) in [6, 6.07) is 9.32. The van der Waals surface area contributed by atoms with Crippen molar-refractivity contribution in [3.8, 4) is 0 Å². The van der Waals surface area contributed by atoms with Gasteiger partial charge in [0.1, 0.15) is 12.1 Å². The summed E-state index contributed by atoms with van der Waals surface area (Å²) in [4.78, 5) is 37.3. The molecule has 2 amide bonds. The topological polar surface area (TPSA) is 92.4 Å². The van der Waals surface area contributed by atoms with E-state index in [4.69, 9.17) is 17.3 Å². The molecule has 31 heavy (non-hydrogen) atoms. The Bertz CT molecular complexity index is 1110. The minimum absolute atomic E-state index is 0.349. The highest BCUT2D eigenvalue weighted by Crippen LogP contribution is 2.23. The summed E-state index contributed by atoms with van der Waals surface area (Å²) in [6.07, 6.45) is 5.19. The maximum Gasteiger partial charge on any atom is 0.312 e. The van der Waals surface area contributed by atoms with Gasteiger partial charge in [-0.25, -0.2) is 9.97 Å². The lowest BCUT2D eigenvalue weighted by atomic mass is 10.1. The van der Waals surface area contributed by atoms with Gasteiger partial charge in [-0.2, -0.15) is 0 Å². The van der Waals surface area contributed by atoms with Gasteiger partial charge in [0.25, 0.3) is 0 Å². The van der Waals surface area contributed by atoms with Crippen LogP contribution >= 0.6 is 22.9 Å². The monoisotopic (exact) mass is 457 g/mol. The number of fused-ring (bicyclic) bond motifs is 1. The molecule has 4 rings (SSSR count). The van der Waals surface area contributed by atoms with Crippen molar-refractivity contribution in [3.63, 3.8) is 0 Å². The number of thiophene rings is 1. The first kappa shape index (κ1) is 22.7. The number of halogens is 1. The lowest BCUT2D eigenvalue weighted by Gasteiger charge is -2.33. The Balaban J connectivity index is 0.00000132. The Labute approximate surface area is 190 Å². The third kappa shape index (κ3) is 5.39. The predicted octanol–water partition coefficient (Wildman–Crippen LogP) is 3.84. The summed E-state index contributed by atoms with van der Waals surface area (Å²) in [5.74, 6) is -0.567. The zero-order valence-electron chi connectivity index (χ0n) is 17.4. The minimum atomic E-state index is -0.494. The fourth-order valence-corrected chi connectivity index (χ4v) is 4.19. The molecule has 3 heterocycles.